The molecule has 0 saturated heterocycles. The number of hydrogen-bond donors (Lipinski definition) is 0. The molecule has 55 heavy (non-hydrogen) atoms. The van der Waals surface area contributed by atoms with Crippen molar-refractivity contribution in [3.05, 3.63) is 199 Å². The molecule has 0 bridgehead atoms. The van der Waals surface area contributed by atoms with Gasteiger partial charge in [-0.2, -0.15) is 0 Å². The minimum Gasteiger partial charge on any atom is -0.456 e. The number of hydrogen-bond acceptors (Lipinski definition) is 2. The lowest BCUT2D eigenvalue weighted by Gasteiger charge is -2.27. The average Bonchev–Trinajstić information content (AvgIpc) is 3.70. The molecule has 0 unspecified atom stereocenters. The van der Waals surface area contributed by atoms with Gasteiger partial charge in [-0.25, -0.2) is 0 Å². The van der Waals surface area contributed by atoms with E-state index in [1.807, 2.05) is 0 Å². The number of nitrogens with zero attached hydrogens (tertiary/aromatic N) is 1. The quantitative estimate of drug-likeness (QED) is 0.177. The first-order chi connectivity index (χ1) is 27.0. The molecular weight excluding hydrogens is 667 g/mol. The molecule has 10 aromatic rings. The number of fused-ring (bicyclic) bond motifs is 8. The van der Waals surface area contributed by atoms with Gasteiger partial charge in [-0.1, -0.05) is 147 Å². The Bertz CT molecular complexity index is 3010. The van der Waals surface area contributed by atoms with Crippen LogP contribution in [-0.2, 0) is 5.41 Å². The third kappa shape index (κ3) is 4.95. The highest BCUT2D eigenvalue weighted by atomic mass is 16.3. The van der Waals surface area contributed by atoms with Gasteiger partial charge in [0.05, 0.1) is 0 Å². The van der Waals surface area contributed by atoms with E-state index >= 15 is 0 Å². The van der Waals surface area contributed by atoms with Crippen molar-refractivity contribution in [2.75, 3.05) is 4.90 Å². The third-order valence-electron chi connectivity index (χ3n) is 11.8. The molecule has 0 fully saturated rings. The SMILES string of the molecule is CC1(C)c2ccccc2-c2cc3oc4ccc(N(c5cccc(-c6cccc7ccccc67)c5)c5cccc(-c6cccc7ccccc67)c5)cc4c3cc21. The zero-order valence-electron chi connectivity index (χ0n) is 30.8. The molecule has 0 aliphatic heterocycles. The molecule has 0 saturated carbocycles. The van der Waals surface area contributed by atoms with E-state index in [4.69, 9.17) is 4.42 Å². The van der Waals surface area contributed by atoms with Crippen molar-refractivity contribution in [1.29, 1.82) is 0 Å². The Balaban J connectivity index is 1.12. The first-order valence-electron chi connectivity index (χ1n) is 19.1. The van der Waals surface area contributed by atoms with E-state index in [2.05, 4.69) is 207 Å². The molecule has 2 nitrogen and oxygen atoms in total. The number of furan rings is 1. The summed E-state index contributed by atoms with van der Waals surface area (Å²) in [6.45, 7) is 4.68. The minimum atomic E-state index is -0.0997. The van der Waals surface area contributed by atoms with Crippen molar-refractivity contribution < 1.29 is 4.42 Å². The normalized spacial score (nSPS) is 13.1. The molecule has 1 aliphatic rings. The summed E-state index contributed by atoms with van der Waals surface area (Å²) in [5.41, 5.74) is 15.0. The predicted molar refractivity (Wildman–Crippen MR) is 232 cm³/mol. The summed E-state index contributed by atoms with van der Waals surface area (Å²) in [6.07, 6.45) is 0. The van der Waals surface area contributed by atoms with Crippen molar-refractivity contribution in [1.82, 2.24) is 0 Å². The van der Waals surface area contributed by atoms with Crippen LogP contribution in [0.4, 0.5) is 17.1 Å². The zero-order chi connectivity index (χ0) is 36.7. The smallest absolute Gasteiger partial charge is 0.136 e. The molecule has 0 N–H and O–H groups in total. The molecule has 1 aliphatic carbocycles. The molecule has 0 amide bonds. The van der Waals surface area contributed by atoms with Crippen LogP contribution in [0.2, 0.25) is 0 Å². The summed E-state index contributed by atoms with van der Waals surface area (Å²) < 4.78 is 6.62. The maximum Gasteiger partial charge on any atom is 0.136 e. The number of benzene rings is 9. The molecule has 1 heterocycles. The molecule has 11 rings (SSSR count). The van der Waals surface area contributed by atoms with Crippen LogP contribution < -0.4 is 4.90 Å². The van der Waals surface area contributed by atoms with Crippen molar-refractivity contribution in [2.45, 2.75) is 19.3 Å². The van der Waals surface area contributed by atoms with E-state index in [1.165, 1.54) is 66.1 Å². The van der Waals surface area contributed by atoms with Crippen molar-refractivity contribution in [3.63, 3.8) is 0 Å². The van der Waals surface area contributed by atoms with Crippen molar-refractivity contribution in [3.8, 4) is 33.4 Å². The Hall–Kier alpha value is -6.90. The van der Waals surface area contributed by atoms with E-state index in [0.717, 1.165) is 39.0 Å². The van der Waals surface area contributed by atoms with Crippen LogP contribution >= 0.6 is 0 Å². The summed E-state index contributed by atoms with van der Waals surface area (Å²) >= 11 is 0. The molecule has 1 aromatic heterocycles. The summed E-state index contributed by atoms with van der Waals surface area (Å²) in [5, 5.41) is 7.22. The van der Waals surface area contributed by atoms with Crippen LogP contribution in [0.25, 0.3) is 76.9 Å². The fourth-order valence-electron chi connectivity index (χ4n) is 9.12. The molecule has 9 aromatic carbocycles. The van der Waals surface area contributed by atoms with Crippen LogP contribution in [0.1, 0.15) is 25.0 Å². The fraction of sp³-hybridized carbons (Fsp3) is 0.0566. The lowest BCUT2D eigenvalue weighted by Crippen LogP contribution is -2.14. The molecule has 2 heteroatoms. The van der Waals surface area contributed by atoms with E-state index in [1.54, 1.807) is 0 Å². The lowest BCUT2D eigenvalue weighted by molar-refractivity contribution is 0.658. The van der Waals surface area contributed by atoms with Gasteiger partial charge in [-0.15, -0.1) is 0 Å². The van der Waals surface area contributed by atoms with Gasteiger partial charge in [0.2, 0.25) is 0 Å². The first kappa shape index (κ1) is 31.6. The maximum absolute atomic E-state index is 6.62. The van der Waals surface area contributed by atoms with E-state index in [0.29, 0.717) is 0 Å². The fourth-order valence-corrected chi connectivity index (χ4v) is 9.12. The second-order valence-corrected chi connectivity index (χ2v) is 15.3. The highest BCUT2D eigenvalue weighted by Gasteiger charge is 2.36. The van der Waals surface area contributed by atoms with Crippen molar-refractivity contribution >= 4 is 60.5 Å². The molecule has 260 valence electrons. The van der Waals surface area contributed by atoms with E-state index in [9.17, 15) is 0 Å². The molecule has 0 atom stereocenters. The molecule has 0 spiro atoms. The van der Waals surface area contributed by atoms with Gasteiger partial charge in [0.25, 0.3) is 0 Å². The van der Waals surface area contributed by atoms with Gasteiger partial charge in [0, 0.05) is 33.2 Å². The largest absolute Gasteiger partial charge is 0.456 e. The van der Waals surface area contributed by atoms with Gasteiger partial charge in [-0.05, 0) is 121 Å². The zero-order valence-corrected chi connectivity index (χ0v) is 30.8. The van der Waals surface area contributed by atoms with E-state index in [-0.39, 0.29) is 5.41 Å². The Morgan fingerprint density at radius 1 is 0.364 bits per heavy atom. The highest BCUT2D eigenvalue weighted by Crippen LogP contribution is 2.51. The summed E-state index contributed by atoms with van der Waals surface area (Å²) in [7, 11) is 0. The topological polar surface area (TPSA) is 16.4 Å². The summed E-state index contributed by atoms with van der Waals surface area (Å²) in [5.74, 6) is 0. The minimum absolute atomic E-state index is 0.0997. The van der Waals surface area contributed by atoms with Gasteiger partial charge in [-0.3, -0.25) is 0 Å². The Labute approximate surface area is 320 Å². The first-order valence-corrected chi connectivity index (χ1v) is 19.1. The molecule has 0 radical (unpaired) electrons. The van der Waals surface area contributed by atoms with Crippen LogP contribution in [-0.4, -0.2) is 0 Å². The Morgan fingerprint density at radius 2 is 0.891 bits per heavy atom. The highest BCUT2D eigenvalue weighted by molar-refractivity contribution is 6.09. The number of anilines is 3. The second kappa shape index (κ2) is 12.1. The monoisotopic (exact) mass is 703 g/mol. The third-order valence-corrected chi connectivity index (χ3v) is 11.8. The van der Waals surface area contributed by atoms with Gasteiger partial charge < -0.3 is 9.32 Å². The Morgan fingerprint density at radius 3 is 1.56 bits per heavy atom. The Kier molecular flexibility index (Phi) is 6.93. The van der Waals surface area contributed by atoms with Gasteiger partial charge in [0.15, 0.2) is 0 Å². The number of rotatable bonds is 5. The maximum atomic E-state index is 6.62. The van der Waals surface area contributed by atoms with E-state index < -0.39 is 0 Å². The standard InChI is InChI=1S/C53H37NO/c1-53(2)49-26-8-7-23-45(49)46-33-52-48(32-50(46)53)47-31-40(27-28-51(47)55-52)54(38-19-9-17-36(29-38)43-24-11-15-34-13-3-5-21-41(34)43)39-20-10-18-37(30-39)44-25-12-16-35-14-4-6-22-42(35)44/h3-33H,1-2H3. The van der Waals surface area contributed by atoms with Gasteiger partial charge in [0.1, 0.15) is 11.2 Å². The predicted octanol–water partition coefficient (Wildman–Crippen LogP) is 15.0. The lowest BCUT2D eigenvalue weighted by atomic mass is 9.82. The van der Waals surface area contributed by atoms with Crippen LogP contribution in [0, 0.1) is 0 Å². The van der Waals surface area contributed by atoms with Crippen LogP contribution in [0.5, 0.6) is 0 Å². The molecular formula is C53H37NO. The second-order valence-electron chi connectivity index (χ2n) is 15.3. The summed E-state index contributed by atoms with van der Waals surface area (Å²) in [4.78, 5) is 2.40. The average molecular weight is 704 g/mol. The van der Waals surface area contributed by atoms with Crippen LogP contribution in [0.3, 0.4) is 0 Å². The van der Waals surface area contributed by atoms with Crippen LogP contribution in [0.15, 0.2) is 192 Å². The van der Waals surface area contributed by atoms with Gasteiger partial charge >= 0.3 is 0 Å². The van der Waals surface area contributed by atoms with Crippen molar-refractivity contribution in [2.24, 2.45) is 0 Å². The summed E-state index contributed by atoms with van der Waals surface area (Å²) in [6, 6.07) is 68.5.